The van der Waals surface area contributed by atoms with Gasteiger partial charge in [0.2, 0.25) is 0 Å². The molecule has 0 aliphatic heterocycles. The lowest BCUT2D eigenvalue weighted by Crippen LogP contribution is -2.35. The van der Waals surface area contributed by atoms with Crippen molar-refractivity contribution >= 4 is 29.3 Å². The van der Waals surface area contributed by atoms with Gasteiger partial charge in [-0.1, -0.05) is 5.16 Å². The van der Waals surface area contributed by atoms with Crippen LogP contribution in [-0.4, -0.2) is 41.8 Å². The molecule has 0 bridgehead atoms. The molecule has 182 valence electrons. The van der Waals surface area contributed by atoms with Crippen LogP contribution < -0.4 is 9.64 Å². The molecule has 0 unspecified atom stereocenters. The van der Waals surface area contributed by atoms with E-state index in [-0.39, 0.29) is 18.5 Å². The van der Waals surface area contributed by atoms with Gasteiger partial charge in [0, 0.05) is 29.7 Å². The molecule has 3 aromatic rings. The molecular weight excluding hydrogens is 468 g/mol. The normalized spacial score (nSPS) is 10.5. The zero-order chi connectivity index (χ0) is 25.2. The number of hydrogen-bond acceptors (Lipinski definition) is 9. The van der Waals surface area contributed by atoms with E-state index < -0.39 is 18.5 Å². The van der Waals surface area contributed by atoms with Gasteiger partial charge in [-0.2, -0.15) is 5.26 Å². The summed E-state index contributed by atoms with van der Waals surface area (Å²) in [6, 6.07) is 12.2. The number of aryl methyl sites for hydroxylation is 2. The predicted octanol–water partition coefficient (Wildman–Crippen LogP) is 4.48. The molecule has 0 fully saturated rings. The zero-order valence-corrected chi connectivity index (χ0v) is 20.6. The minimum atomic E-state index is -0.653. The highest BCUT2D eigenvalue weighted by atomic mass is 32.2. The van der Waals surface area contributed by atoms with Crippen molar-refractivity contribution in [2.75, 3.05) is 24.7 Å². The summed E-state index contributed by atoms with van der Waals surface area (Å²) < 4.78 is 16.0. The molecule has 0 spiro atoms. The van der Waals surface area contributed by atoms with Crippen LogP contribution in [0.4, 0.5) is 5.69 Å². The number of benzene rings is 1. The second kappa shape index (κ2) is 12.6. The van der Waals surface area contributed by atoms with E-state index in [0.29, 0.717) is 34.6 Å². The number of aromatic nitrogens is 2. The summed E-state index contributed by atoms with van der Waals surface area (Å²) >= 11 is 1.36. The maximum Gasteiger partial charge on any atom is 0.341 e. The first-order valence-corrected chi connectivity index (χ1v) is 12.0. The Morgan fingerprint density at radius 3 is 2.63 bits per heavy atom. The number of rotatable bonds is 11. The smallest absolute Gasteiger partial charge is 0.341 e. The number of esters is 1. The first-order valence-electron chi connectivity index (χ1n) is 11.0. The highest BCUT2D eigenvalue weighted by Gasteiger charge is 2.21. The van der Waals surface area contributed by atoms with Crippen LogP contribution in [0.1, 0.15) is 40.7 Å². The minimum Gasteiger partial charge on any atom is -0.494 e. The van der Waals surface area contributed by atoms with Crippen molar-refractivity contribution in [1.29, 1.82) is 5.26 Å². The fourth-order valence-electron chi connectivity index (χ4n) is 3.24. The van der Waals surface area contributed by atoms with E-state index in [0.717, 1.165) is 11.3 Å². The van der Waals surface area contributed by atoms with Gasteiger partial charge in [0.15, 0.2) is 6.61 Å². The van der Waals surface area contributed by atoms with Crippen molar-refractivity contribution in [2.24, 2.45) is 0 Å². The Labute approximate surface area is 208 Å². The van der Waals surface area contributed by atoms with Crippen LogP contribution in [0.25, 0.3) is 0 Å². The van der Waals surface area contributed by atoms with Gasteiger partial charge in [-0.05, 0) is 57.2 Å². The Kier molecular flexibility index (Phi) is 9.26. The third-order valence-electron chi connectivity index (χ3n) is 5.06. The van der Waals surface area contributed by atoms with Gasteiger partial charge in [-0.25, -0.2) is 9.78 Å². The van der Waals surface area contributed by atoms with Crippen molar-refractivity contribution in [3.63, 3.8) is 0 Å². The number of carbonyl (C=O) groups excluding carboxylic acids is 2. The lowest BCUT2D eigenvalue weighted by atomic mass is 10.2. The summed E-state index contributed by atoms with van der Waals surface area (Å²) in [6.07, 6.45) is 1.73. The molecule has 0 N–H and O–H groups in total. The summed E-state index contributed by atoms with van der Waals surface area (Å²) in [5.41, 5.74) is 2.58. The largest absolute Gasteiger partial charge is 0.494 e. The maximum absolute atomic E-state index is 12.9. The molecule has 10 heteroatoms. The maximum atomic E-state index is 12.9. The second-order valence-corrected chi connectivity index (χ2v) is 8.37. The van der Waals surface area contributed by atoms with E-state index in [1.807, 2.05) is 26.8 Å². The summed E-state index contributed by atoms with van der Waals surface area (Å²) in [5.74, 6) is 0.823. The third kappa shape index (κ3) is 6.83. The van der Waals surface area contributed by atoms with Gasteiger partial charge >= 0.3 is 5.97 Å². The van der Waals surface area contributed by atoms with Crippen LogP contribution in [0.5, 0.6) is 5.75 Å². The van der Waals surface area contributed by atoms with E-state index in [1.165, 1.54) is 16.7 Å². The average Bonchev–Trinajstić information content (AvgIpc) is 3.19. The number of anilines is 1. The highest BCUT2D eigenvalue weighted by molar-refractivity contribution is 7.98. The summed E-state index contributed by atoms with van der Waals surface area (Å²) in [4.78, 5) is 31.4. The average molecular weight is 495 g/mol. The first kappa shape index (κ1) is 25.8. The predicted molar refractivity (Wildman–Crippen MR) is 130 cm³/mol. The first-order chi connectivity index (χ1) is 16.9. The van der Waals surface area contributed by atoms with Crippen molar-refractivity contribution in [2.45, 2.75) is 38.0 Å². The van der Waals surface area contributed by atoms with Crippen LogP contribution in [0.2, 0.25) is 0 Å². The molecule has 0 saturated heterocycles. The van der Waals surface area contributed by atoms with Crippen LogP contribution in [0, 0.1) is 25.2 Å². The number of hydrogen-bond donors (Lipinski definition) is 0. The summed E-state index contributed by atoms with van der Waals surface area (Å²) in [5, 5.41) is 13.4. The number of nitrogens with zero attached hydrogens (tertiary/aromatic N) is 4. The lowest BCUT2D eigenvalue weighted by molar-refractivity contribution is -0.121. The molecule has 1 aromatic carbocycles. The van der Waals surface area contributed by atoms with E-state index in [2.05, 4.69) is 10.1 Å². The Balaban J connectivity index is 1.67. The van der Waals surface area contributed by atoms with Gasteiger partial charge in [-0.15, -0.1) is 11.8 Å². The van der Waals surface area contributed by atoms with E-state index in [1.54, 1.807) is 42.6 Å². The molecule has 0 saturated carbocycles. The molecule has 0 atom stereocenters. The molecule has 35 heavy (non-hydrogen) atoms. The fraction of sp³-hybridized carbons (Fsp3) is 0.320. The van der Waals surface area contributed by atoms with Gasteiger partial charge in [0.25, 0.3) is 5.91 Å². The van der Waals surface area contributed by atoms with Crippen LogP contribution >= 0.6 is 11.8 Å². The monoisotopic (exact) mass is 494 g/mol. The standard InChI is InChI=1S/C25H26N4O5S/c1-4-32-20-10-8-19(9-11-20)29(14-6-12-26)23(30)15-33-25(31)21-7-5-13-27-24(21)35-16-22-17(2)28-34-18(22)3/h5,7-11,13H,4,6,14-16H2,1-3H3. The molecule has 1 amide bonds. The molecule has 2 heterocycles. The Hall–Kier alpha value is -3.84. The lowest BCUT2D eigenvalue weighted by Gasteiger charge is -2.22. The van der Waals surface area contributed by atoms with Crippen LogP contribution in [0.3, 0.4) is 0 Å². The number of thioether (sulfide) groups is 1. The van der Waals surface area contributed by atoms with Gasteiger partial charge in [-0.3, -0.25) is 4.79 Å². The van der Waals surface area contributed by atoms with E-state index >= 15 is 0 Å². The Morgan fingerprint density at radius 1 is 1.20 bits per heavy atom. The molecular formula is C25H26N4O5S. The molecule has 3 rings (SSSR count). The van der Waals surface area contributed by atoms with Crippen molar-refractivity contribution in [1.82, 2.24) is 10.1 Å². The molecule has 0 aliphatic carbocycles. The summed E-state index contributed by atoms with van der Waals surface area (Å²) in [7, 11) is 0. The van der Waals surface area contributed by atoms with E-state index in [4.69, 9.17) is 19.3 Å². The topological polar surface area (TPSA) is 119 Å². The zero-order valence-electron chi connectivity index (χ0n) is 19.8. The SMILES string of the molecule is CCOc1ccc(N(CCC#N)C(=O)COC(=O)c2cccnc2SCc2c(C)noc2C)cc1. The Bertz CT molecular complexity index is 1180. The molecule has 0 radical (unpaired) electrons. The van der Waals surface area contributed by atoms with E-state index in [9.17, 15) is 9.59 Å². The minimum absolute atomic E-state index is 0.137. The van der Waals surface area contributed by atoms with Gasteiger partial charge < -0.3 is 18.9 Å². The third-order valence-corrected chi connectivity index (χ3v) is 6.09. The Morgan fingerprint density at radius 2 is 1.97 bits per heavy atom. The van der Waals surface area contributed by atoms with Crippen LogP contribution in [0.15, 0.2) is 52.1 Å². The molecule has 2 aromatic heterocycles. The van der Waals surface area contributed by atoms with Crippen molar-refractivity contribution < 1.29 is 23.6 Å². The summed E-state index contributed by atoms with van der Waals surface area (Å²) in [6.45, 7) is 5.80. The highest BCUT2D eigenvalue weighted by Crippen LogP contribution is 2.27. The molecule has 9 nitrogen and oxygen atoms in total. The van der Waals surface area contributed by atoms with Gasteiger partial charge in [0.05, 0.1) is 30.4 Å². The second-order valence-electron chi connectivity index (χ2n) is 7.40. The van der Waals surface area contributed by atoms with Crippen LogP contribution in [-0.2, 0) is 15.3 Å². The quantitative estimate of drug-likeness (QED) is 0.281. The number of pyridine rings is 1. The fourth-order valence-corrected chi connectivity index (χ4v) is 4.38. The number of amides is 1. The number of nitriles is 1. The number of ether oxygens (including phenoxy) is 2. The van der Waals surface area contributed by atoms with Crippen molar-refractivity contribution in [3.05, 3.63) is 65.2 Å². The van der Waals surface area contributed by atoms with Crippen molar-refractivity contribution in [3.8, 4) is 11.8 Å². The van der Waals surface area contributed by atoms with Gasteiger partial charge in [0.1, 0.15) is 16.5 Å². The molecule has 0 aliphatic rings. The number of carbonyl (C=O) groups is 2.